The fourth-order valence-corrected chi connectivity index (χ4v) is 5.80. The monoisotopic (exact) mass is 557 g/mol. The van der Waals surface area contributed by atoms with Crippen LogP contribution in [0.2, 0.25) is 0 Å². The van der Waals surface area contributed by atoms with Crippen LogP contribution in [0.5, 0.6) is 11.5 Å². The summed E-state index contributed by atoms with van der Waals surface area (Å²) in [5.41, 5.74) is 3.39. The fourth-order valence-electron chi connectivity index (χ4n) is 5.80. The Balaban J connectivity index is 1.08. The quantitative estimate of drug-likeness (QED) is 0.268. The zero-order valence-corrected chi connectivity index (χ0v) is 23.6. The van der Waals surface area contributed by atoms with Crippen LogP contribution < -0.4 is 14.8 Å². The Morgan fingerprint density at radius 1 is 1.05 bits per heavy atom. The molecule has 2 saturated heterocycles. The van der Waals surface area contributed by atoms with Crippen molar-refractivity contribution in [3.8, 4) is 11.5 Å². The number of ether oxygens (including phenoxy) is 3. The minimum atomic E-state index is -0.242. The van der Waals surface area contributed by atoms with Crippen molar-refractivity contribution >= 4 is 22.4 Å². The van der Waals surface area contributed by atoms with E-state index in [1.807, 2.05) is 12.1 Å². The lowest BCUT2D eigenvalue weighted by molar-refractivity contribution is -0.0504. The number of hydrogen-bond acceptors (Lipinski definition) is 8. The van der Waals surface area contributed by atoms with Gasteiger partial charge in [0.15, 0.2) is 11.5 Å². The van der Waals surface area contributed by atoms with Crippen LogP contribution in [0.3, 0.4) is 0 Å². The molecule has 9 heteroatoms. The van der Waals surface area contributed by atoms with E-state index in [2.05, 4.69) is 55.4 Å². The predicted molar refractivity (Wildman–Crippen MR) is 157 cm³/mol. The summed E-state index contributed by atoms with van der Waals surface area (Å²) in [6, 6.07) is 19.8. The van der Waals surface area contributed by atoms with Crippen molar-refractivity contribution < 1.29 is 18.6 Å². The highest BCUT2D eigenvalue weighted by molar-refractivity contribution is 5.93. The lowest BCUT2D eigenvalue weighted by Gasteiger charge is -2.37. The Morgan fingerprint density at radius 3 is 2.76 bits per heavy atom. The van der Waals surface area contributed by atoms with E-state index >= 15 is 0 Å². The van der Waals surface area contributed by atoms with Crippen LogP contribution in [0, 0.1) is 12.7 Å². The molecule has 2 aliphatic rings. The first-order chi connectivity index (χ1) is 20.1. The second-order valence-corrected chi connectivity index (χ2v) is 10.7. The maximum Gasteiger partial charge on any atom is 0.162 e. The largest absolute Gasteiger partial charge is 0.493 e. The maximum absolute atomic E-state index is 13.8. The average molecular weight is 558 g/mol. The molecule has 2 aliphatic heterocycles. The highest BCUT2D eigenvalue weighted by Gasteiger charge is 2.39. The first kappa shape index (κ1) is 27.4. The number of likely N-dealkylation sites (tertiary alicyclic amines) is 1. The lowest BCUT2D eigenvalue weighted by Crippen LogP contribution is -2.50. The van der Waals surface area contributed by atoms with Gasteiger partial charge in [-0.1, -0.05) is 30.3 Å². The molecule has 0 radical (unpaired) electrons. The van der Waals surface area contributed by atoms with Gasteiger partial charge < -0.3 is 19.5 Å². The molecule has 2 fully saturated rings. The number of morpholine rings is 1. The van der Waals surface area contributed by atoms with Crippen molar-refractivity contribution in [3.05, 3.63) is 83.9 Å². The van der Waals surface area contributed by atoms with Gasteiger partial charge in [0.1, 0.15) is 18.0 Å². The van der Waals surface area contributed by atoms with E-state index < -0.39 is 0 Å². The van der Waals surface area contributed by atoms with Gasteiger partial charge in [-0.15, -0.1) is 0 Å². The van der Waals surface area contributed by atoms with Crippen LogP contribution in [0.1, 0.15) is 17.5 Å². The minimum absolute atomic E-state index is 0.242. The summed E-state index contributed by atoms with van der Waals surface area (Å²) < 4.78 is 31.7. The van der Waals surface area contributed by atoms with Gasteiger partial charge in [0, 0.05) is 49.9 Å². The Morgan fingerprint density at radius 2 is 1.93 bits per heavy atom. The third kappa shape index (κ3) is 6.27. The highest BCUT2D eigenvalue weighted by atomic mass is 19.1. The zero-order valence-electron chi connectivity index (χ0n) is 23.6. The molecule has 0 saturated carbocycles. The number of fused-ring (bicyclic) bond motifs is 2. The number of aryl methyl sites for hydroxylation is 1. The Labute approximate surface area is 240 Å². The third-order valence-electron chi connectivity index (χ3n) is 7.94. The maximum atomic E-state index is 13.8. The molecule has 214 valence electrons. The van der Waals surface area contributed by atoms with Crippen LogP contribution in [0.25, 0.3) is 10.9 Å². The summed E-state index contributed by atoms with van der Waals surface area (Å²) in [6.45, 7) is 7.90. The average Bonchev–Trinajstić information content (AvgIpc) is 3.42. The standard InChI is InChI=1S/C32H36FN5O3/c1-22-15-24(9-10-26(22)33)36-32-25-16-30(29(39-2)17-27(25)34-21-35-32)40-13-6-11-37-19-28-31(20-37)41-14-12-38(28)18-23-7-4-3-5-8-23/h3-5,7-10,15-17,21,28,31H,6,11-14,18-20H2,1-2H3,(H,34,35,36)/t28-,31+/m0/s1. The Bertz CT molecular complexity index is 1490. The zero-order chi connectivity index (χ0) is 28.2. The van der Waals surface area contributed by atoms with Crippen molar-refractivity contribution in [2.45, 2.75) is 32.0 Å². The summed E-state index contributed by atoms with van der Waals surface area (Å²) in [7, 11) is 1.63. The molecular formula is C32H36FN5O3. The number of benzene rings is 3. The summed E-state index contributed by atoms with van der Waals surface area (Å²) in [6.07, 6.45) is 2.63. The number of rotatable bonds is 10. The number of nitrogens with one attached hydrogen (secondary N) is 1. The van der Waals surface area contributed by atoms with Gasteiger partial charge in [-0.2, -0.15) is 0 Å². The van der Waals surface area contributed by atoms with Crippen molar-refractivity contribution in [2.24, 2.45) is 0 Å². The second kappa shape index (κ2) is 12.4. The summed E-state index contributed by atoms with van der Waals surface area (Å²) >= 11 is 0. The van der Waals surface area contributed by atoms with E-state index in [1.165, 1.54) is 18.0 Å². The SMILES string of the molecule is COc1cc2ncnc(Nc3ccc(F)c(C)c3)c2cc1OCCCN1C[C@H]2OCCN(Cc3ccccc3)[C@H]2C1. The Kier molecular flexibility index (Phi) is 8.27. The topological polar surface area (TPSA) is 72.0 Å². The molecular weight excluding hydrogens is 521 g/mol. The van der Waals surface area contributed by atoms with E-state index in [4.69, 9.17) is 14.2 Å². The van der Waals surface area contributed by atoms with Crippen LogP contribution >= 0.6 is 0 Å². The van der Waals surface area contributed by atoms with E-state index in [1.54, 1.807) is 26.2 Å². The predicted octanol–water partition coefficient (Wildman–Crippen LogP) is 5.18. The van der Waals surface area contributed by atoms with Gasteiger partial charge in [0.2, 0.25) is 0 Å². The molecule has 0 bridgehead atoms. The molecule has 0 aliphatic carbocycles. The third-order valence-corrected chi connectivity index (χ3v) is 7.94. The van der Waals surface area contributed by atoms with E-state index in [-0.39, 0.29) is 11.9 Å². The number of halogens is 1. The molecule has 8 nitrogen and oxygen atoms in total. The van der Waals surface area contributed by atoms with Gasteiger partial charge in [0.05, 0.1) is 38.0 Å². The van der Waals surface area contributed by atoms with Crippen LogP contribution in [-0.2, 0) is 11.3 Å². The number of aromatic nitrogens is 2. The molecule has 41 heavy (non-hydrogen) atoms. The van der Waals surface area contributed by atoms with E-state index in [0.717, 1.165) is 62.3 Å². The van der Waals surface area contributed by atoms with Gasteiger partial charge in [-0.25, -0.2) is 14.4 Å². The van der Waals surface area contributed by atoms with Gasteiger partial charge in [-0.05, 0) is 48.7 Å². The smallest absolute Gasteiger partial charge is 0.162 e. The molecule has 0 amide bonds. The van der Waals surface area contributed by atoms with Gasteiger partial charge in [-0.3, -0.25) is 9.80 Å². The minimum Gasteiger partial charge on any atom is -0.493 e. The van der Waals surface area contributed by atoms with E-state index in [9.17, 15) is 4.39 Å². The summed E-state index contributed by atoms with van der Waals surface area (Å²) in [4.78, 5) is 13.9. The number of hydrogen-bond donors (Lipinski definition) is 1. The van der Waals surface area contributed by atoms with Crippen LogP contribution in [-0.4, -0.2) is 78.4 Å². The molecule has 3 heterocycles. The Hall–Kier alpha value is -3.79. The van der Waals surface area contributed by atoms with Crippen LogP contribution in [0.4, 0.5) is 15.9 Å². The van der Waals surface area contributed by atoms with Crippen molar-refractivity contribution in [1.29, 1.82) is 0 Å². The number of methoxy groups -OCH3 is 1. The first-order valence-electron chi connectivity index (χ1n) is 14.2. The summed E-state index contributed by atoms with van der Waals surface area (Å²) in [5.74, 6) is 1.64. The second-order valence-electron chi connectivity index (χ2n) is 10.7. The molecule has 2 atom stereocenters. The number of nitrogens with zero attached hydrogens (tertiary/aromatic N) is 4. The van der Waals surface area contributed by atoms with Gasteiger partial charge in [0.25, 0.3) is 0 Å². The fraction of sp³-hybridized carbons (Fsp3) is 0.375. The molecule has 1 N–H and O–H groups in total. The number of anilines is 2. The molecule has 0 spiro atoms. The van der Waals surface area contributed by atoms with Crippen molar-refractivity contribution in [2.75, 3.05) is 51.8 Å². The van der Waals surface area contributed by atoms with E-state index in [0.29, 0.717) is 35.5 Å². The molecule has 4 aromatic rings. The molecule has 3 aromatic carbocycles. The van der Waals surface area contributed by atoms with Crippen molar-refractivity contribution in [1.82, 2.24) is 19.8 Å². The van der Waals surface area contributed by atoms with Crippen molar-refractivity contribution in [3.63, 3.8) is 0 Å². The molecule has 6 rings (SSSR count). The molecule has 1 aromatic heterocycles. The van der Waals surface area contributed by atoms with Crippen LogP contribution in [0.15, 0.2) is 67.0 Å². The first-order valence-corrected chi connectivity index (χ1v) is 14.2. The lowest BCUT2D eigenvalue weighted by atomic mass is 10.1. The van der Waals surface area contributed by atoms with Gasteiger partial charge >= 0.3 is 0 Å². The highest BCUT2D eigenvalue weighted by Crippen LogP contribution is 2.35. The summed E-state index contributed by atoms with van der Waals surface area (Å²) in [5, 5.41) is 4.09. The molecule has 0 unspecified atom stereocenters. The normalized spacial score (nSPS) is 19.3.